The summed E-state index contributed by atoms with van der Waals surface area (Å²) in [5.74, 6) is 0.585. The highest BCUT2D eigenvalue weighted by Crippen LogP contribution is 2.29. The van der Waals surface area contributed by atoms with Crippen LogP contribution in [0.25, 0.3) is 0 Å². The van der Waals surface area contributed by atoms with Crippen molar-refractivity contribution >= 4 is 17.2 Å². The van der Waals surface area contributed by atoms with Crippen molar-refractivity contribution in [2.75, 3.05) is 6.61 Å². The molecule has 1 aliphatic rings. The molecule has 0 atom stereocenters. The Bertz CT molecular complexity index is 643. The van der Waals surface area contributed by atoms with Gasteiger partial charge in [-0.2, -0.15) is 0 Å². The number of ether oxygens (including phenoxy) is 1. The molecule has 22 heavy (non-hydrogen) atoms. The van der Waals surface area contributed by atoms with Crippen LogP contribution in [0.5, 0.6) is 5.88 Å². The minimum absolute atomic E-state index is 0.00861. The standard InChI is InChI=1S/C17H20N2O2S/c1-2-21-17-13(7-5-9-18-17)11-19-16(20)15-10-12-6-3-4-8-14(12)22-15/h5,7,9-10H,2-4,6,8,11H2,1H3,(H,19,20). The number of aromatic nitrogens is 1. The van der Waals surface area contributed by atoms with E-state index in [1.54, 1.807) is 17.5 Å². The fourth-order valence-corrected chi connectivity index (χ4v) is 3.86. The Hall–Kier alpha value is -1.88. The molecule has 2 aromatic rings. The molecule has 4 nitrogen and oxygen atoms in total. The highest BCUT2D eigenvalue weighted by atomic mass is 32.1. The van der Waals surface area contributed by atoms with E-state index in [2.05, 4.69) is 16.4 Å². The van der Waals surface area contributed by atoms with Crippen molar-refractivity contribution in [3.63, 3.8) is 0 Å². The average Bonchev–Trinajstić information content (AvgIpc) is 2.98. The first kappa shape index (κ1) is 15.0. The fourth-order valence-electron chi connectivity index (χ4n) is 2.69. The average molecular weight is 316 g/mol. The predicted molar refractivity (Wildman–Crippen MR) is 87.5 cm³/mol. The summed E-state index contributed by atoms with van der Waals surface area (Å²) in [5.41, 5.74) is 2.26. The van der Waals surface area contributed by atoms with E-state index in [1.165, 1.54) is 23.3 Å². The topological polar surface area (TPSA) is 51.2 Å². The first-order valence-corrected chi connectivity index (χ1v) is 8.56. The number of carbonyl (C=O) groups excluding carboxylic acids is 1. The number of nitrogens with one attached hydrogen (secondary N) is 1. The van der Waals surface area contributed by atoms with Gasteiger partial charge < -0.3 is 10.1 Å². The molecular formula is C17H20N2O2S. The Kier molecular flexibility index (Phi) is 4.73. The van der Waals surface area contributed by atoms with Crippen LogP contribution < -0.4 is 10.1 Å². The van der Waals surface area contributed by atoms with Crippen molar-refractivity contribution in [3.05, 3.63) is 45.3 Å². The van der Waals surface area contributed by atoms with E-state index >= 15 is 0 Å². The van der Waals surface area contributed by atoms with Crippen LogP contribution in [0.4, 0.5) is 0 Å². The molecule has 0 saturated heterocycles. The SMILES string of the molecule is CCOc1ncccc1CNC(=O)c1cc2c(s1)CCCC2. The molecule has 1 N–H and O–H groups in total. The molecule has 0 aliphatic heterocycles. The summed E-state index contributed by atoms with van der Waals surface area (Å²) < 4.78 is 5.48. The number of pyridine rings is 1. The molecule has 0 fully saturated rings. The Morgan fingerprint density at radius 3 is 3.09 bits per heavy atom. The summed E-state index contributed by atoms with van der Waals surface area (Å²) in [5, 5.41) is 2.97. The molecule has 0 radical (unpaired) electrons. The predicted octanol–water partition coefficient (Wildman–Crippen LogP) is 3.35. The van der Waals surface area contributed by atoms with Crippen molar-refractivity contribution < 1.29 is 9.53 Å². The number of fused-ring (bicyclic) bond motifs is 1. The van der Waals surface area contributed by atoms with Crippen LogP contribution in [0, 0.1) is 0 Å². The Morgan fingerprint density at radius 1 is 1.41 bits per heavy atom. The number of thiophene rings is 1. The van der Waals surface area contributed by atoms with E-state index in [0.717, 1.165) is 23.3 Å². The van der Waals surface area contributed by atoms with Gasteiger partial charge >= 0.3 is 0 Å². The molecule has 116 valence electrons. The molecule has 0 unspecified atom stereocenters. The van der Waals surface area contributed by atoms with E-state index in [4.69, 9.17) is 4.74 Å². The zero-order chi connectivity index (χ0) is 15.4. The molecule has 2 aromatic heterocycles. The third-order valence-electron chi connectivity index (χ3n) is 3.79. The zero-order valence-corrected chi connectivity index (χ0v) is 13.5. The van der Waals surface area contributed by atoms with Crippen LogP contribution in [0.15, 0.2) is 24.4 Å². The normalized spacial score (nSPS) is 13.5. The number of hydrogen-bond acceptors (Lipinski definition) is 4. The Labute approximate surface area is 134 Å². The highest BCUT2D eigenvalue weighted by molar-refractivity contribution is 7.14. The molecule has 1 aliphatic carbocycles. The van der Waals surface area contributed by atoms with Crippen LogP contribution >= 0.6 is 11.3 Å². The third kappa shape index (κ3) is 3.30. The zero-order valence-electron chi connectivity index (χ0n) is 12.7. The van der Waals surface area contributed by atoms with Gasteiger partial charge in [0.15, 0.2) is 0 Å². The molecule has 3 rings (SSSR count). The van der Waals surface area contributed by atoms with Crippen LogP contribution in [0.3, 0.4) is 0 Å². The van der Waals surface area contributed by atoms with E-state index < -0.39 is 0 Å². The number of hydrogen-bond donors (Lipinski definition) is 1. The summed E-state index contributed by atoms with van der Waals surface area (Å²) in [7, 11) is 0. The van der Waals surface area contributed by atoms with Gasteiger partial charge in [-0.15, -0.1) is 11.3 Å². The van der Waals surface area contributed by atoms with E-state index in [1.807, 2.05) is 19.1 Å². The number of nitrogens with zero attached hydrogens (tertiary/aromatic N) is 1. The van der Waals surface area contributed by atoms with Gasteiger partial charge in [0.25, 0.3) is 5.91 Å². The number of amides is 1. The minimum Gasteiger partial charge on any atom is -0.478 e. The second-order valence-corrected chi connectivity index (χ2v) is 6.49. The van der Waals surface area contributed by atoms with E-state index in [-0.39, 0.29) is 5.91 Å². The maximum atomic E-state index is 12.3. The van der Waals surface area contributed by atoms with Crippen molar-refractivity contribution in [2.45, 2.75) is 39.2 Å². The van der Waals surface area contributed by atoms with Crippen LogP contribution in [0.2, 0.25) is 0 Å². The van der Waals surface area contributed by atoms with Crippen LogP contribution in [-0.2, 0) is 19.4 Å². The smallest absolute Gasteiger partial charge is 0.261 e. The Balaban J connectivity index is 1.66. The maximum absolute atomic E-state index is 12.3. The Morgan fingerprint density at radius 2 is 2.27 bits per heavy atom. The summed E-state index contributed by atoms with van der Waals surface area (Å²) in [6.07, 6.45) is 6.39. The molecular weight excluding hydrogens is 296 g/mol. The first-order valence-electron chi connectivity index (χ1n) is 7.74. The number of carbonyl (C=O) groups is 1. The van der Waals surface area contributed by atoms with Gasteiger partial charge in [0.2, 0.25) is 5.88 Å². The molecule has 1 amide bonds. The number of aryl methyl sites for hydroxylation is 2. The first-order chi connectivity index (χ1) is 10.8. The van der Waals surface area contributed by atoms with E-state index in [9.17, 15) is 4.79 Å². The van der Waals surface area contributed by atoms with Crippen molar-refractivity contribution in [2.24, 2.45) is 0 Å². The lowest BCUT2D eigenvalue weighted by atomic mass is 9.99. The summed E-state index contributed by atoms with van der Waals surface area (Å²) in [6, 6.07) is 5.84. The van der Waals surface area contributed by atoms with Gasteiger partial charge in [0.05, 0.1) is 11.5 Å². The summed E-state index contributed by atoms with van der Waals surface area (Å²) in [4.78, 5) is 18.7. The van der Waals surface area contributed by atoms with Gasteiger partial charge in [-0.05, 0) is 50.3 Å². The largest absolute Gasteiger partial charge is 0.478 e. The van der Waals surface area contributed by atoms with Gasteiger partial charge in [-0.3, -0.25) is 4.79 Å². The molecule has 2 heterocycles. The fraction of sp³-hybridized carbons (Fsp3) is 0.412. The van der Waals surface area contributed by atoms with Gasteiger partial charge in [-0.1, -0.05) is 6.07 Å². The molecule has 0 saturated carbocycles. The van der Waals surface area contributed by atoms with Gasteiger partial charge in [0.1, 0.15) is 0 Å². The van der Waals surface area contributed by atoms with Gasteiger partial charge in [0, 0.05) is 23.2 Å². The quantitative estimate of drug-likeness (QED) is 0.920. The second kappa shape index (κ2) is 6.92. The van der Waals surface area contributed by atoms with Crippen molar-refractivity contribution in [3.8, 4) is 5.88 Å². The lowest BCUT2D eigenvalue weighted by Crippen LogP contribution is -2.22. The molecule has 0 spiro atoms. The van der Waals surface area contributed by atoms with Crippen molar-refractivity contribution in [1.82, 2.24) is 10.3 Å². The lowest BCUT2D eigenvalue weighted by molar-refractivity contribution is 0.0954. The summed E-state index contributed by atoms with van der Waals surface area (Å²) >= 11 is 1.63. The van der Waals surface area contributed by atoms with Crippen LogP contribution in [0.1, 0.15) is 45.4 Å². The monoisotopic (exact) mass is 316 g/mol. The lowest BCUT2D eigenvalue weighted by Gasteiger charge is -2.09. The molecule has 0 bridgehead atoms. The van der Waals surface area contributed by atoms with Gasteiger partial charge in [-0.25, -0.2) is 4.98 Å². The summed E-state index contributed by atoms with van der Waals surface area (Å²) in [6.45, 7) is 2.92. The molecule has 0 aromatic carbocycles. The van der Waals surface area contributed by atoms with E-state index in [0.29, 0.717) is 19.0 Å². The third-order valence-corrected chi connectivity index (χ3v) is 5.03. The van der Waals surface area contributed by atoms with Crippen molar-refractivity contribution in [1.29, 1.82) is 0 Å². The highest BCUT2D eigenvalue weighted by Gasteiger charge is 2.17. The number of rotatable bonds is 5. The second-order valence-electron chi connectivity index (χ2n) is 5.35. The maximum Gasteiger partial charge on any atom is 0.261 e. The molecule has 5 heteroatoms. The van der Waals surface area contributed by atoms with Crippen LogP contribution in [-0.4, -0.2) is 17.5 Å². The minimum atomic E-state index is -0.00861.